The number of benzene rings is 1. The van der Waals surface area contributed by atoms with Gasteiger partial charge in [-0.1, -0.05) is 24.1 Å². The first kappa shape index (κ1) is 18.8. The monoisotopic (exact) mass is 370 g/mol. The molecule has 3 aliphatic heterocycles. The van der Waals surface area contributed by atoms with Crippen LogP contribution < -0.4 is 4.74 Å². The van der Waals surface area contributed by atoms with Crippen molar-refractivity contribution >= 4 is 0 Å². The molecule has 0 spiro atoms. The summed E-state index contributed by atoms with van der Waals surface area (Å²) in [5, 5.41) is 0. The van der Waals surface area contributed by atoms with Gasteiger partial charge in [0.15, 0.2) is 0 Å². The molecule has 2 saturated heterocycles. The second-order valence-electron chi connectivity index (χ2n) is 9.30. The molecule has 0 unspecified atom stereocenters. The van der Waals surface area contributed by atoms with Crippen LogP contribution in [0.4, 0.5) is 0 Å². The average molecular weight is 371 g/mol. The Morgan fingerprint density at radius 3 is 2.67 bits per heavy atom. The molecule has 0 bridgehead atoms. The molecule has 4 heteroatoms. The van der Waals surface area contributed by atoms with Crippen LogP contribution in [-0.2, 0) is 9.47 Å². The fraction of sp³-hybridized carbons (Fsp3) is 0.652. The van der Waals surface area contributed by atoms with Crippen molar-refractivity contribution in [3.8, 4) is 17.6 Å². The van der Waals surface area contributed by atoms with Crippen molar-refractivity contribution in [3.63, 3.8) is 0 Å². The Morgan fingerprint density at radius 2 is 1.89 bits per heavy atom. The number of morpholine rings is 1. The summed E-state index contributed by atoms with van der Waals surface area (Å²) >= 11 is 0. The van der Waals surface area contributed by atoms with Crippen LogP contribution in [0.3, 0.4) is 0 Å². The van der Waals surface area contributed by atoms with E-state index in [1.807, 2.05) is 6.07 Å². The molecule has 0 amide bonds. The minimum absolute atomic E-state index is 0.0474. The third-order valence-corrected chi connectivity index (χ3v) is 6.54. The molecular weight excluding hydrogens is 338 g/mol. The summed E-state index contributed by atoms with van der Waals surface area (Å²) in [6.07, 6.45) is 2.06. The Balaban J connectivity index is 1.54. The van der Waals surface area contributed by atoms with E-state index < -0.39 is 5.60 Å². The summed E-state index contributed by atoms with van der Waals surface area (Å²) in [5.74, 6) is 8.25. The molecule has 3 aliphatic rings. The van der Waals surface area contributed by atoms with E-state index in [1.54, 1.807) is 0 Å². The second-order valence-corrected chi connectivity index (χ2v) is 9.30. The summed E-state index contributed by atoms with van der Waals surface area (Å²) in [4.78, 5) is 0. The van der Waals surface area contributed by atoms with Crippen LogP contribution in [-0.4, -0.2) is 55.6 Å². The molecule has 27 heavy (non-hydrogen) atoms. The van der Waals surface area contributed by atoms with Crippen molar-refractivity contribution < 1.29 is 18.7 Å². The van der Waals surface area contributed by atoms with Gasteiger partial charge in [-0.3, -0.25) is 0 Å². The lowest BCUT2D eigenvalue weighted by molar-refractivity contribution is -0.910. The molecule has 3 atom stereocenters. The van der Waals surface area contributed by atoms with E-state index in [9.17, 15) is 0 Å². The first-order valence-corrected chi connectivity index (χ1v) is 10.2. The zero-order valence-electron chi connectivity index (χ0n) is 17.1. The maximum atomic E-state index is 6.68. The smallest absolute Gasteiger partial charge is 0.140 e. The number of nitrogens with zero attached hydrogens (tertiary/aromatic N) is 1. The zero-order valence-corrected chi connectivity index (χ0v) is 17.1. The van der Waals surface area contributed by atoms with Gasteiger partial charge in [0, 0.05) is 11.5 Å². The number of ether oxygens (including phenoxy) is 3. The first-order chi connectivity index (χ1) is 12.8. The Morgan fingerprint density at radius 1 is 1.15 bits per heavy atom. The Bertz CT molecular complexity index is 756. The fourth-order valence-corrected chi connectivity index (χ4v) is 4.61. The van der Waals surface area contributed by atoms with Gasteiger partial charge in [-0.05, 0) is 45.6 Å². The largest absolute Gasteiger partial charge is 0.487 e. The van der Waals surface area contributed by atoms with Crippen LogP contribution in [0.15, 0.2) is 24.3 Å². The number of hydrogen-bond donors (Lipinski definition) is 0. The highest BCUT2D eigenvalue weighted by atomic mass is 16.5. The van der Waals surface area contributed by atoms with Crippen molar-refractivity contribution in [2.45, 2.75) is 50.9 Å². The van der Waals surface area contributed by atoms with E-state index in [4.69, 9.17) is 14.2 Å². The van der Waals surface area contributed by atoms with Gasteiger partial charge in [-0.2, -0.15) is 0 Å². The number of likely N-dealkylation sites (N-methyl/N-ethyl adjacent to an activating group) is 1. The highest BCUT2D eigenvalue weighted by molar-refractivity contribution is 5.39. The van der Waals surface area contributed by atoms with E-state index >= 15 is 0 Å². The maximum Gasteiger partial charge on any atom is 0.140 e. The fourth-order valence-electron chi connectivity index (χ4n) is 4.61. The van der Waals surface area contributed by atoms with Crippen LogP contribution in [0.2, 0.25) is 0 Å². The number of rotatable bonds is 1. The summed E-state index contributed by atoms with van der Waals surface area (Å²) < 4.78 is 19.4. The molecule has 0 N–H and O–H groups in total. The van der Waals surface area contributed by atoms with E-state index in [-0.39, 0.29) is 11.7 Å². The second kappa shape index (κ2) is 6.81. The highest BCUT2D eigenvalue weighted by Crippen LogP contribution is 2.52. The summed E-state index contributed by atoms with van der Waals surface area (Å²) in [6.45, 7) is 11.1. The van der Waals surface area contributed by atoms with Crippen LogP contribution in [0, 0.1) is 17.8 Å². The van der Waals surface area contributed by atoms with Crippen LogP contribution in [0.25, 0.3) is 0 Å². The SMILES string of the molecule is CC1(C)Oc2ccccc2[C@H]2O[C@](C)(C#CC[N+]3(C)CCOCC3)CC[C@H]21. The third kappa shape index (κ3) is 3.74. The minimum Gasteiger partial charge on any atom is -0.487 e. The standard InChI is InChI=1S/C23H32NO3/c1-22(2)19-10-12-23(3,11-7-13-24(4)14-16-25-17-15-24)27-21(19)18-8-5-6-9-20(18)26-22/h5-6,8-9,19,21H,10,12-17H2,1-4H3/q+1/t19-,21-,23-/m1/s1. The van der Waals surface area contributed by atoms with Gasteiger partial charge in [0.1, 0.15) is 36.6 Å². The predicted octanol–water partition coefficient (Wildman–Crippen LogP) is 3.56. The molecule has 146 valence electrons. The lowest BCUT2D eigenvalue weighted by Crippen LogP contribution is -2.52. The summed E-state index contributed by atoms with van der Waals surface area (Å²) in [5.41, 5.74) is 0.551. The lowest BCUT2D eigenvalue weighted by atomic mass is 9.73. The van der Waals surface area contributed by atoms with Gasteiger partial charge < -0.3 is 18.7 Å². The van der Waals surface area contributed by atoms with Crippen molar-refractivity contribution in [3.05, 3.63) is 29.8 Å². The summed E-state index contributed by atoms with van der Waals surface area (Å²) in [6, 6.07) is 8.30. The lowest BCUT2D eigenvalue weighted by Gasteiger charge is -2.50. The van der Waals surface area contributed by atoms with Crippen LogP contribution >= 0.6 is 0 Å². The quantitative estimate of drug-likeness (QED) is 0.559. The number of para-hydroxylation sites is 1. The molecule has 1 aromatic rings. The normalized spacial score (nSPS) is 33.6. The molecular formula is C23H32NO3+. The first-order valence-electron chi connectivity index (χ1n) is 10.2. The Labute approximate surface area is 163 Å². The van der Waals surface area contributed by atoms with Gasteiger partial charge in [-0.15, -0.1) is 0 Å². The molecule has 3 heterocycles. The van der Waals surface area contributed by atoms with Gasteiger partial charge in [-0.25, -0.2) is 0 Å². The minimum atomic E-state index is -0.396. The van der Waals surface area contributed by atoms with Gasteiger partial charge >= 0.3 is 0 Å². The average Bonchev–Trinajstić information content (AvgIpc) is 2.61. The highest BCUT2D eigenvalue weighted by Gasteiger charge is 2.50. The van der Waals surface area contributed by atoms with Gasteiger partial charge in [0.05, 0.1) is 26.4 Å². The van der Waals surface area contributed by atoms with E-state index in [0.29, 0.717) is 5.92 Å². The maximum absolute atomic E-state index is 6.68. The molecule has 0 radical (unpaired) electrons. The summed E-state index contributed by atoms with van der Waals surface area (Å²) in [7, 11) is 2.27. The van der Waals surface area contributed by atoms with E-state index in [2.05, 4.69) is 57.9 Å². The van der Waals surface area contributed by atoms with Crippen molar-refractivity contribution in [2.24, 2.45) is 5.92 Å². The third-order valence-electron chi connectivity index (χ3n) is 6.54. The number of fused-ring (bicyclic) bond motifs is 3. The number of hydrogen-bond acceptors (Lipinski definition) is 3. The van der Waals surface area contributed by atoms with E-state index in [1.165, 1.54) is 5.56 Å². The van der Waals surface area contributed by atoms with Gasteiger partial charge in [0.25, 0.3) is 0 Å². The molecule has 4 nitrogen and oxygen atoms in total. The Hall–Kier alpha value is -1.54. The molecule has 4 rings (SSSR count). The zero-order chi connectivity index (χ0) is 19.1. The van der Waals surface area contributed by atoms with Crippen molar-refractivity contribution in [1.29, 1.82) is 0 Å². The topological polar surface area (TPSA) is 27.7 Å². The predicted molar refractivity (Wildman–Crippen MR) is 105 cm³/mol. The molecule has 2 fully saturated rings. The van der Waals surface area contributed by atoms with E-state index in [0.717, 1.165) is 55.9 Å². The van der Waals surface area contributed by atoms with Gasteiger partial charge in [0.2, 0.25) is 0 Å². The molecule has 0 aromatic heterocycles. The van der Waals surface area contributed by atoms with Crippen molar-refractivity contribution in [1.82, 2.24) is 0 Å². The number of quaternary nitrogens is 1. The van der Waals surface area contributed by atoms with Crippen LogP contribution in [0.1, 0.15) is 45.3 Å². The molecule has 0 aliphatic carbocycles. The molecule has 1 aromatic carbocycles. The van der Waals surface area contributed by atoms with Crippen molar-refractivity contribution in [2.75, 3.05) is 39.9 Å². The van der Waals surface area contributed by atoms with Crippen LogP contribution in [0.5, 0.6) is 5.75 Å². The molecule has 0 saturated carbocycles. The Kier molecular flexibility index (Phi) is 4.74.